The number of hydrogen-bond acceptors (Lipinski definition) is 2. The summed E-state index contributed by atoms with van der Waals surface area (Å²) in [6.45, 7) is 7.08. The van der Waals surface area contributed by atoms with Crippen molar-refractivity contribution in [3.8, 4) is 22.4 Å². The van der Waals surface area contributed by atoms with Crippen LogP contribution in [0.4, 0.5) is 0 Å². The van der Waals surface area contributed by atoms with E-state index in [2.05, 4.69) is 30.5 Å². The summed E-state index contributed by atoms with van der Waals surface area (Å²) in [6, 6.07) is 16.0. The molecule has 0 aliphatic carbocycles. The van der Waals surface area contributed by atoms with Gasteiger partial charge >= 0.3 is 0 Å². The molecule has 0 amide bonds. The first-order valence-electron chi connectivity index (χ1n) is 9.79. The Labute approximate surface area is 172 Å². The predicted molar refractivity (Wildman–Crippen MR) is 120 cm³/mol. The van der Waals surface area contributed by atoms with Crippen molar-refractivity contribution in [3.05, 3.63) is 66.0 Å². The number of hydrogen-bond donors (Lipinski definition) is 0. The Balaban J connectivity index is 2.26. The Morgan fingerprint density at radius 2 is 1.62 bits per heavy atom. The van der Waals surface area contributed by atoms with E-state index < -0.39 is 9.84 Å². The molecule has 0 fully saturated rings. The third kappa shape index (κ3) is 3.01. The van der Waals surface area contributed by atoms with E-state index in [-0.39, 0.29) is 0 Å². The third-order valence-electron chi connectivity index (χ3n) is 5.77. The molecule has 0 atom stereocenters. The molecule has 4 rings (SSSR count). The van der Waals surface area contributed by atoms with Crippen LogP contribution in [0.2, 0.25) is 0 Å². The number of fused-ring (bicyclic) bond motifs is 1. The fourth-order valence-corrected chi connectivity index (χ4v) is 5.34. The molecule has 2 aromatic heterocycles. The number of benzene rings is 2. The summed E-state index contributed by atoms with van der Waals surface area (Å²) in [5, 5.41) is 1.08. The highest BCUT2D eigenvalue weighted by Crippen LogP contribution is 2.44. The first-order valence-corrected chi connectivity index (χ1v) is 11.7. The quantitative estimate of drug-likeness (QED) is 0.458. The van der Waals surface area contributed by atoms with E-state index in [9.17, 15) is 8.42 Å². The molecule has 2 heterocycles. The minimum atomic E-state index is -3.43. The fourth-order valence-electron chi connectivity index (χ4n) is 4.45. The van der Waals surface area contributed by atoms with Crippen LogP contribution in [0.5, 0.6) is 0 Å². The number of aromatic nitrogens is 2. The maximum absolute atomic E-state index is 12.9. The second kappa shape index (κ2) is 6.92. The Morgan fingerprint density at radius 3 is 2.24 bits per heavy atom. The molecular formula is C24H26N2O2S. The van der Waals surface area contributed by atoms with Gasteiger partial charge in [0.1, 0.15) is 0 Å². The number of sulfone groups is 1. The highest BCUT2D eigenvalue weighted by molar-refractivity contribution is 7.90. The minimum Gasteiger partial charge on any atom is -0.351 e. The van der Waals surface area contributed by atoms with E-state index >= 15 is 0 Å². The minimum absolute atomic E-state index is 0.376. The van der Waals surface area contributed by atoms with Gasteiger partial charge in [-0.2, -0.15) is 0 Å². The van der Waals surface area contributed by atoms with Crippen LogP contribution in [-0.4, -0.2) is 23.8 Å². The van der Waals surface area contributed by atoms with Crippen LogP contribution in [0, 0.1) is 13.8 Å². The van der Waals surface area contributed by atoms with Crippen molar-refractivity contribution < 1.29 is 8.42 Å². The van der Waals surface area contributed by atoms with Crippen molar-refractivity contribution in [3.63, 3.8) is 0 Å². The molecule has 4 aromatic rings. The molecule has 0 N–H and O–H groups in total. The number of para-hydroxylation sites is 1. The van der Waals surface area contributed by atoms with Gasteiger partial charge in [0, 0.05) is 65.0 Å². The SMILES string of the molecule is CCn1c(C)c(-c2c(S(C)(=O)=O)ccc(C)c2-c2cccn2C)c2ccccc21. The van der Waals surface area contributed by atoms with E-state index in [1.165, 1.54) is 6.26 Å². The van der Waals surface area contributed by atoms with Gasteiger partial charge < -0.3 is 9.13 Å². The van der Waals surface area contributed by atoms with E-state index in [4.69, 9.17) is 0 Å². The lowest BCUT2D eigenvalue weighted by atomic mass is 9.92. The summed E-state index contributed by atoms with van der Waals surface area (Å²) in [5.41, 5.74) is 7.05. The Morgan fingerprint density at radius 1 is 0.897 bits per heavy atom. The molecule has 0 bridgehead atoms. The molecule has 4 nitrogen and oxygen atoms in total. The van der Waals surface area contributed by atoms with Crippen molar-refractivity contribution in [1.29, 1.82) is 0 Å². The number of nitrogens with zero attached hydrogens (tertiary/aromatic N) is 2. The zero-order valence-corrected chi connectivity index (χ0v) is 18.3. The molecular weight excluding hydrogens is 380 g/mol. The number of rotatable bonds is 4. The molecule has 5 heteroatoms. The van der Waals surface area contributed by atoms with E-state index in [1.54, 1.807) is 6.07 Å². The molecule has 0 aliphatic rings. The fraction of sp³-hybridized carbons (Fsp3) is 0.250. The van der Waals surface area contributed by atoms with Gasteiger partial charge in [0.15, 0.2) is 9.84 Å². The maximum Gasteiger partial charge on any atom is 0.176 e. The summed E-state index contributed by atoms with van der Waals surface area (Å²) in [4.78, 5) is 0.376. The van der Waals surface area contributed by atoms with Crippen LogP contribution in [0.25, 0.3) is 33.3 Å². The zero-order chi connectivity index (χ0) is 20.9. The van der Waals surface area contributed by atoms with Crippen LogP contribution in [0.1, 0.15) is 18.2 Å². The van der Waals surface area contributed by atoms with Crippen molar-refractivity contribution in [2.75, 3.05) is 6.26 Å². The molecule has 0 saturated carbocycles. The summed E-state index contributed by atoms with van der Waals surface area (Å²) in [5.74, 6) is 0. The molecule has 0 unspecified atom stereocenters. The van der Waals surface area contributed by atoms with Crippen LogP contribution in [-0.2, 0) is 23.4 Å². The van der Waals surface area contributed by atoms with Crippen LogP contribution >= 0.6 is 0 Å². The lowest BCUT2D eigenvalue weighted by molar-refractivity contribution is 0.602. The van der Waals surface area contributed by atoms with Gasteiger partial charge in [-0.25, -0.2) is 8.42 Å². The average molecular weight is 407 g/mol. The Bertz CT molecular complexity index is 1340. The topological polar surface area (TPSA) is 44.0 Å². The van der Waals surface area contributed by atoms with E-state index in [0.717, 1.165) is 51.1 Å². The lowest BCUT2D eigenvalue weighted by Gasteiger charge is -2.18. The van der Waals surface area contributed by atoms with Crippen molar-refractivity contribution in [1.82, 2.24) is 9.13 Å². The van der Waals surface area contributed by atoms with Gasteiger partial charge in [-0.1, -0.05) is 24.3 Å². The third-order valence-corrected chi connectivity index (χ3v) is 6.91. The summed E-state index contributed by atoms with van der Waals surface area (Å²) < 4.78 is 30.0. The zero-order valence-electron chi connectivity index (χ0n) is 17.5. The first-order chi connectivity index (χ1) is 13.8. The van der Waals surface area contributed by atoms with Gasteiger partial charge in [-0.3, -0.25) is 0 Å². The van der Waals surface area contributed by atoms with Crippen molar-refractivity contribution in [2.24, 2.45) is 7.05 Å². The standard InChI is InChI=1S/C24H26N2O2S/c1-6-26-17(3)23(18-10-7-8-11-19(18)26)24-21(29(5,27)28)14-13-16(2)22(24)20-12-9-15-25(20)4/h7-15H,6H2,1-5H3. The molecule has 0 radical (unpaired) electrons. The molecule has 0 aliphatic heterocycles. The van der Waals surface area contributed by atoms with Gasteiger partial charge in [0.2, 0.25) is 0 Å². The second-order valence-electron chi connectivity index (χ2n) is 7.63. The largest absolute Gasteiger partial charge is 0.351 e. The smallest absolute Gasteiger partial charge is 0.176 e. The van der Waals surface area contributed by atoms with Crippen LogP contribution in [0.15, 0.2) is 59.6 Å². The van der Waals surface area contributed by atoms with E-state index in [1.807, 2.05) is 55.1 Å². The summed E-state index contributed by atoms with van der Waals surface area (Å²) in [6.07, 6.45) is 3.29. The van der Waals surface area contributed by atoms with Crippen molar-refractivity contribution in [2.45, 2.75) is 32.2 Å². The highest BCUT2D eigenvalue weighted by atomic mass is 32.2. The normalized spacial score (nSPS) is 12.0. The monoisotopic (exact) mass is 406 g/mol. The van der Waals surface area contributed by atoms with E-state index in [0.29, 0.717) is 4.90 Å². The average Bonchev–Trinajstić information content (AvgIpc) is 3.20. The molecule has 2 aromatic carbocycles. The van der Waals surface area contributed by atoms with Gasteiger partial charge in [-0.15, -0.1) is 0 Å². The first kappa shape index (κ1) is 19.5. The highest BCUT2D eigenvalue weighted by Gasteiger charge is 2.26. The Kier molecular flexibility index (Phi) is 4.66. The van der Waals surface area contributed by atoms with Gasteiger partial charge in [0.25, 0.3) is 0 Å². The Hall–Kier alpha value is -2.79. The van der Waals surface area contributed by atoms with Crippen LogP contribution in [0.3, 0.4) is 0 Å². The number of aryl methyl sites for hydroxylation is 3. The molecule has 150 valence electrons. The van der Waals surface area contributed by atoms with Gasteiger partial charge in [-0.05, 0) is 50.6 Å². The van der Waals surface area contributed by atoms with Gasteiger partial charge in [0.05, 0.1) is 4.90 Å². The predicted octanol–water partition coefficient (Wildman–Crippen LogP) is 5.35. The molecule has 0 spiro atoms. The van der Waals surface area contributed by atoms with Crippen molar-refractivity contribution >= 4 is 20.7 Å². The lowest BCUT2D eigenvalue weighted by Crippen LogP contribution is -2.05. The maximum atomic E-state index is 12.9. The molecule has 0 saturated heterocycles. The second-order valence-corrected chi connectivity index (χ2v) is 9.61. The summed E-state index contributed by atoms with van der Waals surface area (Å²) >= 11 is 0. The van der Waals surface area contributed by atoms with Crippen LogP contribution < -0.4 is 0 Å². The molecule has 29 heavy (non-hydrogen) atoms. The summed E-state index contributed by atoms with van der Waals surface area (Å²) in [7, 11) is -1.43.